The zero-order valence-electron chi connectivity index (χ0n) is 8.67. The maximum atomic E-state index is 11.5. The minimum atomic E-state index is -3.28. The van der Waals surface area contributed by atoms with Crippen molar-refractivity contribution >= 4 is 10.0 Å². The number of piperazine rings is 1. The van der Waals surface area contributed by atoms with Gasteiger partial charge in [-0.1, -0.05) is 0 Å². The third-order valence-corrected chi connectivity index (χ3v) is 4.34. The quantitative estimate of drug-likeness (QED) is 0.574. The Bertz CT molecular complexity index is 272. The summed E-state index contributed by atoms with van der Waals surface area (Å²) in [5.41, 5.74) is 0. The van der Waals surface area contributed by atoms with Crippen molar-refractivity contribution in [2.75, 3.05) is 51.7 Å². The van der Waals surface area contributed by atoms with Crippen molar-refractivity contribution in [1.29, 1.82) is 0 Å². The molecule has 0 amide bonds. The van der Waals surface area contributed by atoms with Crippen molar-refractivity contribution in [2.24, 2.45) is 0 Å². The molecule has 1 heterocycles. The Morgan fingerprint density at radius 2 is 1.60 bits per heavy atom. The minimum Gasteiger partial charge on any atom is -0.395 e. The van der Waals surface area contributed by atoms with Crippen LogP contribution in [0.4, 0.5) is 0 Å². The predicted octanol–water partition coefficient (Wildman–Crippen LogP) is -2.08. The summed E-state index contributed by atoms with van der Waals surface area (Å²) in [6.07, 6.45) is 0. The average Bonchev–Trinajstić information content (AvgIpc) is 2.19. The predicted molar refractivity (Wildman–Crippen MR) is 56.0 cm³/mol. The van der Waals surface area contributed by atoms with Crippen molar-refractivity contribution in [1.82, 2.24) is 9.21 Å². The number of sulfonamides is 1. The summed E-state index contributed by atoms with van der Waals surface area (Å²) >= 11 is 0. The van der Waals surface area contributed by atoms with Crippen molar-refractivity contribution < 1.29 is 18.6 Å². The van der Waals surface area contributed by atoms with Gasteiger partial charge in [-0.15, -0.1) is 0 Å². The first kappa shape index (κ1) is 12.9. The van der Waals surface area contributed by atoms with Gasteiger partial charge in [-0.05, 0) is 0 Å². The van der Waals surface area contributed by atoms with Crippen molar-refractivity contribution in [3.05, 3.63) is 0 Å². The molecule has 0 aromatic heterocycles. The highest BCUT2D eigenvalue weighted by Crippen LogP contribution is 2.07. The summed E-state index contributed by atoms with van der Waals surface area (Å²) in [6.45, 7) is 2.54. The molecule has 1 rings (SSSR count). The second kappa shape index (κ2) is 5.76. The fraction of sp³-hybridized carbons (Fsp3) is 1.00. The molecule has 0 bridgehead atoms. The van der Waals surface area contributed by atoms with Crippen LogP contribution >= 0.6 is 0 Å². The lowest BCUT2D eigenvalue weighted by molar-refractivity contribution is 0.151. The Morgan fingerprint density at radius 3 is 2.07 bits per heavy atom. The van der Waals surface area contributed by atoms with Crippen LogP contribution in [-0.2, 0) is 10.0 Å². The standard InChI is InChI=1S/C8H18N2O4S/c11-6-5-9-1-3-10(4-2-9)15(13,14)8-7-12/h11-12H,1-8H2. The smallest absolute Gasteiger partial charge is 0.216 e. The lowest BCUT2D eigenvalue weighted by Crippen LogP contribution is -2.50. The summed E-state index contributed by atoms with van der Waals surface area (Å²) in [5, 5.41) is 17.3. The van der Waals surface area contributed by atoms with E-state index in [0.717, 1.165) is 0 Å². The molecule has 15 heavy (non-hydrogen) atoms. The van der Waals surface area contributed by atoms with Gasteiger partial charge in [-0.3, -0.25) is 4.90 Å². The molecule has 2 N–H and O–H groups in total. The van der Waals surface area contributed by atoms with E-state index in [-0.39, 0.29) is 19.0 Å². The molecule has 0 aliphatic carbocycles. The van der Waals surface area contributed by atoms with Gasteiger partial charge < -0.3 is 10.2 Å². The maximum Gasteiger partial charge on any atom is 0.216 e. The molecule has 1 aliphatic rings. The summed E-state index contributed by atoms with van der Waals surface area (Å²) in [5.74, 6) is -0.201. The highest BCUT2D eigenvalue weighted by Gasteiger charge is 2.25. The van der Waals surface area contributed by atoms with Crippen LogP contribution in [0.15, 0.2) is 0 Å². The normalized spacial score (nSPS) is 20.7. The number of hydrogen-bond acceptors (Lipinski definition) is 5. The van der Waals surface area contributed by atoms with Crippen LogP contribution in [0.5, 0.6) is 0 Å². The number of β-amino-alcohol motifs (C(OH)–C–C–N with tert-alkyl or cyclic N) is 1. The lowest BCUT2D eigenvalue weighted by atomic mass is 10.4. The van der Waals surface area contributed by atoms with Crippen molar-refractivity contribution in [2.45, 2.75) is 0 Å². The number of hydrogen-bond donors (Lipinski definition) is 2. The van der Waals surface area contributed by atoms with E-state index in [0.29, 0.717) is 32.7 Å². The molecule has 0 aromatic rings. The fourth-order valence-corrected chi connectivity index (χ4v) is 2.83. The third kappa shape index (κ3) is 3.69. The molecule has 0 spiro atoms. The highest BCUT2D eigenvalue weighted by atomic mass is 32.2. The van der Waals surface area contributed by atoms with Crippen LogP contribution in [0.1, 0.15) is 0 Å². The SMILES string of the molecule is O=S(=O)(CCO)N1CCN(CCO)CC1. The fourth-order valence-electron chi connectivity index (χ4n) is 1.62. The van der Waals surface area contributed by atoms with Crippen molar-refractivity contribution in [3.63, 3.8) is 0 Å². The van der Waals surface area contributed by atoms with Gasteiger partial charge >= 0.3 is 0 Å². The topological polar surface area (TPSA) is 81.1 Å². The van der Waals surface area contributed by atoms with E-state index in [9.17, 15) is 8.42 Å². The zero-order valence-corrected chi connectivity index (χ0v) is 9.49. The summed E-state index contributed by atoms with van der Waals surface area (Å²) < 4.78 is 24.5. The van der Waals surface area contributed by atoms with E-state index in [4.69, 9.17) is 10.2 Å². The Hall–Kier alpha value is -0.210. The summed E-state index contributed by atoms with van der Waals surface area (Å²) in [4.78, 5) is 2.02. The second-order valence-electron chi connectivity index (χ2n) is 3.50. The van der Waals surface area contributed by atoms with Crippen LogP contribution in [0.25, 0.3) is 0 Å². The van der Waals surface area contributed by atoms with Gasteiger partial charge in [0.2, 0.25) is 10.0 Å². The summed E-state index contributed by atoms with van der Waals surface area (Å²) in [6, 6.07) is 0. The molecule has 0 aromatic carbocycles. The van der Waals surface area contributed by atoms with Crippen LogP contribution in [0.3, 0.4) is 0 Å². The van der Waals surface area contributed by atoms with E-state index >= 15 is 0 Å². The third-order valence-electron chi connectivity index (χ3n) is 2.49. The highest BCUT2D eigenvalue weighted by molar-refractivity contribution is 7.89. The minimum absolute atomic E-state index is 0.101. The lowest BCUT2D eigenvalue weighted by Gasteiger charge is -2.33. The van der Waals surface area contributed by atoms with E-state index < -0.39 is 10.0 Å². The molecule has 1 fully saturated rings. The Balaban J connectivity index is 2.43. The van der Waals surface area contributed by atoms with Gasteiger partial charge in [0, 0.05) is 32.7 Å². The Labute approximate surface area is 90.2 Å². The van der Waals surface area contributed by atoms with Gasteiger partial charge in [-0.2, -0.15) is 4.31 Å². The largest absolute Gasteiger partial charge is 0.395 e. The first-order valence-corrected chi connectivity index (χ1v) is 6.63. The maximum absolute atomic E-state index is 11.5. The molecule has 1 saturated heterocycles. The molecular weight excluding hydrogens is 220 g/mol. The average molecular weight is 238 g/mol. The zero-order chi connectivity index (χ0) is 11.3. The number of rotatable bonds is 5. The van der Waals surface area contributed by atoms with Gasteiger partial charge in [0.25, 0.3) is 0 Å². The van der Waals surface area contributed by atoms with Gasteiger partial charge in [0.05, 0.1) is 19.0 Å². The second-order valence-corrected chi connectivity index (χ2v) is 5.59. The summed E-state index contributed by atoms with van der Waals surface area (Å²) in [7, 11) is -3.28. The van der Waals surface area contributed by atoms with E-state index in [1.54, 1.807) is 0 Å². The number of aliphatic hydroxyl groups excluding tert-OH is 2. The van der Waals surface area contributed by atoms with E-state index in [2.05, 4.69) is 0 Å². The molecular formula is C8H18N2O4S. The first-order valence-electron chi connectivity index (χ1n) is 5.02. The van der Waals surface area contributed by atoms with Gasteiger partial charge in [-0.25, -0.2) is 8.42 Å². The molecule has 90 valence electrons. The first-order chi connectivity index (χ1) is 7.10. The van der Waals surface area contributed by atoms with Crippen LogP contribution < -0.4 is 0 Å². The van der Waals surface area contributed by atoms with Gasteiger partial charge in [0.1, 0.15) is 0 Å². The molecule has 7 heteroatoms. The van der Waals surface area contributed by atoms with Crippen molar-refractivity contribution in [3.8, 4) is 0 Å². The number of aliphatic hydroxyl groups is 2. The monoisotopic (exact) mass is 238 g/mol. The molecule has 0 radical (unpaired) electrons. The molecule has 1 aliphatic heterocycles. The number of nitrogens with zero attached hydrogens (tertiary/aromatic N) is 2. The van der Waals surface area contributed by atoms with E-state index in [1.165, 1.54) is 4.31 Å². The van der Waals surface area contributed by atoms with Gasteiger partial charge in [0.15, 0.2) is 0 Å². The molecule has 6 nitrogen and oxygen atoms in total. The van der Waals surface area contributed by atoms with E-state index in [1.807, 2.05) is 4.90 Å². The molecule has 0 atom stereocenters. The van der Waals surface area contributed by atoms with Crippen LogP contribution in [0.2, 0.25) is 0 Å². The Morgan fingerprint density at radius 1 is 1.00 bits per heavy atom. The van der Waals surface area contributed by atoms with Crippen LogP contribution in [0, 0.1) is 0 Å². The van der Waals surface area contributed by atoms with Crippen LogP contribution in [-0.4, -0.2) is 79.5 Å². The molecule has 0 saturated carbocycles. The Kier molecular flexibility index (Phi) is 4.94. The molecule has 0 unspecified atom stereocenters.